The number of carbonyl (C=O) groups excluding carboxylic acids is 1. The molecule has 3 aromatic rings. The predicted octanol–water partition coefficient (Wildman–Crippen LogP) is 2.65. The van der Waals surface area contributed by atoms with Gasteiger partial charge in [0.1, 0.15) is 17.3 Å². The fourth-order valence-corrected chi connectivity index (χ4v) is 4.61. The molecule has 28 heavy (non-hydrogen) atoms. The van der Waals surface area contributed by atoms with Crippen LogP contribution in [0.1, 0.15) is 24.4 Å². The van der Waals surface area contributed by atoms with E-state index in [-0.39, 0.29) is 6.03 Å². The van der Waals surface area contributed by atoms with Gasteiger partial charge in [0.15, 0.2) is 5.82 Å². The zero-order valence-corrected chi connectivity index (χ0v) is 16.0. The monoisotopic (exact) mass is 380 g/mol. The standard InChI is InChI=1S/C19H24N8O/c1-10-5-16(26-25-10)24-19(28)27-8-12-6-14(7-13(12)9-27)23-18-15-3-4-20-17(15)21-11(2)22-18/h3-5,12-14H,6-9H2,1-2H3,(H2,20,21,22,23)(H2,24,25,26,28)/t12-,13+,14-. The molecule has 1 aliphatic carbocycles. The van der Waals surface area contributed by atoms with E-state index >= 15 is 0 Å². The summed E-state index contributed by atoms with van der Waals surface area (Å²) in [5.41, 5.74) is 1.80. The van der Waals surface area contributed by atoms with E-state index in [0.717, 1.165) is 54.3 Å². The number of H-pyrrole nitrogens is 2. The lowest BCUT2D eigenvalue weighted by atomic mass is 10.0. The van der Waals surface area contributed by atoms with Crippen LogP contribution in [0, 0.1) is 25.7 Å². The number of aryl methyl sites for hydroxylation is 2. The first-order valence-corrected chi connectivity index (χ1v) is 9.71. The number of likely N-dealkylation sites (tertiary alicyclic amines) is 1. The Morgan fingerprint density at radius 1 is 1.21 bits per heavy atom. The van der Waals surface area contributed by atoms with Gasteiger partial charge in [-0.25, -0.2) is 14.8 Å². The van der Waals surface area contributed by atoms with E-state index in [4.69, 9.17) is 0 Å². The topological polar surface area (TPSA) is 115 Å². The second-order valence-corrected chi connectivity index (χ2v) is 7.96. The number of amides is 2. The van der Waals surface area contributed by atoms with Gasteiger partial charge in [-0.05, 0) is 44.6 Å². The molecule has 2 aliphatic rings. The molecule has 5 rings (SSSR count). The van der Waals surface area contributed by atoms with Crippen molar-refractivity contribution in [1.82, 2.24) is 30.0 Å². The Hall–Kier alpha value is -3.10. The highest BCUT2D eigenvalue weighted by Crippen LogP contribution is 2.39. The number of urea groups is 1. The second kappa shape index (κ2) is 6.50. The molecule has 1 aliphatic heterocycles. The maximum absolute atomic E-state index is 12.5. The third-order valence-corrected chi connectivity index (χ3v) is 5.85. The summed E-state index contributed by atoms with van der Waals surface area (Å²) in [6.07, 6.45) is 3.99. The number of hydrogen-bond acceptors (Lipinski definition) is 5. The van der Waals surface area contributed by atoms with Gasteiger partial charge in [0.25, 0.3) is 0 Å². The van der Waals surface area contributed by atoms with Crippen molar-refractivity contribution in [3.8, 4) is 0 Å². The molecule has 4 N–H and O–H groups in total. The molecule has 9 heteroatoms. The van der Waals surface area contributed by atoms with E-state index in [9.17, 15) is 4.79 Å². The van der Waals surface area contributed by atoms with Crippen molar-refractivity contribution < 1.29 is 4.79 Å². The Morgan fingerprint density at radius 3 is 2.71 bits per heavy atom. The van der Waals surface area contributed by atoms with Gasteiger partial charge in [-0.1, -0.05) is 0 Å². The molecule has 3 atom stereocenters. The van der Waals surface area contributed by atoms with Crippen LogP contribution >= 0.6 is 0 Å². The lowest BCUT2D eigenvalue weighted by Crippen LogP contribution is -2.34. The summed E-state index contributed by atoms with van der Waals surface area (Å²) in [6.45, 7) is 5.41. The Kier molecular flexibility index (Phi) is 3.96. The third-order valence-electron chi connectivity index (χ3n) is 5.85. The van der Waals surface area contributed by atoms with Gasteiger partial charge in [0.2, 0.25) is 0 Å². The molecule has 1 saturated heterocycles. The summed E-state index contributed by atoms with van der Waals surface area (Å²) in [5, 5.41) is 14.4. The van der Waals surface area contributed by atoms with E-state index < -0.39 is 0 Å². The van der Waals surface area contributed by atoms with E-state index in [2.05, 4.69) is 35.8 Å². The lowest BCUT2D eigenvalue weighted by Gasteiger charge is -2.20. The molecule has 9 nitrogen and oxygen atoms in total. The number of nitrogens with one attached hydrogen (secondary N) is 4. The summed E-state index contributed by atoms with van der Waals surface area (Å²) in [6, 6.07) is 4.16. The van der Waals surface area contributed by atoms with Crippen LogP contribution in [0.5, 0.6) is 0 Å². The second-order valence-electron chi connectivity index (χ2n) is 7.96. The minimum absolute atomic E-state index is 0.0640. The molecule has 2 amide bonds. The van der Waals surface area contributed by atoms with E-state index in [1.54, 1.807) is 0 Å². The van der Waals surface area contributed by atoms with Crippen LogP contribution < -0.4 is 10.6 Å². The lowest BCUT2D eigenvalue weighted by molar-refractivity contribution is 0.218. The number of fused-ring (bicyclic) bond motifs is 2. The number of hydrogen-bond donors (Lipinski definition) is 4. The average Bonchev–Trinajstić information content (AvgIpc) is 3.38. The zero-order valence-electron chi connectivity index (χ0n) is 16.0. The molecule has 0 aromatic carbocycles. The largest absolute Gasteiger partial charge is 0.367 e. The summed E-state index contributed by atoms with van der Waals surface area (Å²) < 4.78 is 0. The molecule has 0 unspecified atom stereocenters. The van der Waals surface area contributed by atoms with Gasteiger partial charge in [-0.2, -0.15) is 5.10 Å². The summed E-state index contributed by atoms with van der Waals surface area (Å²) in [4.78, 5) is 26.6. The SMILES string of the molecule is Cc1nc(N[C@@H]2C[C@@H]3CN(C(=O)Nc4cc(C)[nH]n4)C[C@@H]3C2)c2cc[nH]c2n1. The average molecular weight is 380 g/mol. The van der Waals surface area contributed by atoms with Crippen molar-refractivity contribution in [1.29, 1.82) is 0 Å². The minimum Gasteiger partial charge on any atom is -0.367 e. The highest BCUT2D eigenvalue weighted by atomic mass is 16.2. The Bertz CT molecular complexity index is 1010. The molecule has 4 heterocycles. The van der Waals surface area contributed by atoms with Gasteiger partial charge < -0.3 is 15.2 Å². The number of carbonyl (C=O) groups is 1. The Labute approximate surface area is 162 Å². The molecule has 0 bridgehead atoms. The molecule has 0 radical (unpaired) electrons. The molecule has 146 valence electrons. The van der Waals surface area contributed by atoms with Crippen LogP contribution in [0.25, 0.3) is 11.0 Å². The normalized spacial score (nSPS) is 23.9. The number of anilines is 2. The van der Waals surface area contributed by atoms with Crippen molar-refractivity contribution in [2.75, 3.05) is 23.7 Å². The quantitative estimate of drug-likeness (QED) is 0.558. The summed E-state index contributed by atoms with van der Waals surface area (Å²) in [5.74, 6) is 3.28. The van der Waals surface area contributed by atoms with Crippen molar-refractivity contribution in [3.63, 3.8) is 0 Å². The smallest absolute Gasteiger partial charge is 0.323 e. The van der Waals surface area contributed by atoms with Crippen LogP contribution in [-0.2, 0) is 0 Å². The van der Waals surface area contributed by atoms with Gasteiger partial charge >= 0.3 is 6.03 Å². The molecule has 2 fully saturated rings. The molecule has 3 aromatic heterocycles. The fraction of sp³-hybridized carbons (Fsp3) is 0.474. The van der Waals surface area contributed by atoms with Crippen molar-refractivity contribution in [2.24, 2.45) is 11.8 Å². The Balaban J connectivity index is 1.21. The molecule has 1 saturated carbocycles. The van der Waals surface area contributed by atoms with Crippen LogP contribution in [0.3, 0.4) is 0 Å². The van der Waals surface area contributed by atoms with Crippen LogP contribution in [-0.4, -0.2) is 55.2 Å². The first kappa shape index (κ1) is 17.0. The number of nitrogens with zero attached hydrogens (tertiary/aromatic N) is 4. The van der Waals surface area contributed by atoms with Gasteiger partial charge in [0, 0.05) is 37.1 Å². The van der Waals surface area contributed by atoms with Gasteiger partial charge in [-0.15, -0.1) is 0 Å². The van der Waals surface area contributed by atoms with Crippen molar-refractivity contribution in [3.05, 3.63) is 29.8 Å². The highest BCUT2D eigenvalue weighted by molar-refractivity contribution is 5.88. The first-order chi connectivity index (χ1) is 13.5. The fourth-order valence-electron chi connectivity index (χ4n) is 4.61. The summed E-state index contributed by atoms with van der Waals surface area (Å²) >= 11 is 0. The van der Waals surface area contributed by atoms with E-state index in [1.165, 1.54) is 0 Å². The predicted molar refractivity (Wildman–Crippen MR) is 106 cm³/mol. The maximum atomic E-state index is 12.5. The zero-order chi connectivity index (χ0) is 19.3. The van der Waals surface area contributed by atoms with Gasteiger partial charge in [0.05, 0.1) is 5.39 Å². The van der Waals surface area contributed by atoms with Gasteiger partial charge in [-0.3, -0.25) is 10.4 Å². The van der Waals surface area contributed by atoms with E-state index in [0.29, 0.717) is 23.7 Å². The molecular weight excluding hydrogens is 356 g/mol. The minimum atomic E-state index is -0.0640. The maximum Gasteiger partial charge on any atom is 0.323 e. The highest BCUT2D eigenvalue weighted by Gasteiger charge is 2.42. The third kappa shape index (κ3) is 3.06. The molecular formula is C19H24N8O. The van der Waals surface area contributed by atoms with Crippen LogP contribution in [0.2, 0.25) is 0 Å². The Morgan fingerprint density at radius 2 is 2.00 bits per heavy atom. The number of aromatic amines is 2. The van der Waals surface area contributed by atoms with Crippen molar-refractivity contribution >= 4 is 28.7 Å². The summed E-state index contributed by atoms with van der Waals surface area (Å²) in [7, 11) is 0. The number of aromatic nitrogens is 5. The number of rotatable bonds is 3. The van der Waals surface area contributed by atoms with E-state index in [1.807, 2.05) is 37.1 Å². The first-order valence-electron chi connectivity index (χ1n) is 9.71. The van der Waals surface area contributed by atoms with Crippen molar-refractivity contribution in [2.45, 2.75) is 32.7 Å². The van der Waals surface area contributed by atoms with Crippen LogP contribution in [0.4, 0.5) is 16.4 Å². The molecule has 0 spiro atoms. The van der Waals surface area contributed by atoms with Crippen LogP contribution in [0.15, 0.2) is 18.3 Å².